The van der Waals surface area contributed by atoms with E-state index in [1.54, 1.807) is 14.2 Å². The van der Waals surface area contributed by atoms with E-state index in [0.717, 1.165) is 16.9 Å². The van der Waals surface area contributed by atoms with Gasteiger partial charge in [-0.2, -0.15) is 0 Å². The van der Waals surface area contributed by atoms with Crippen molar-refractivity contribution < 1.29 is 24.0 Å². The molecule has 140 valence electrons. The Bertz CT molecular complexity index is 575. The van der Waals surface area contributed by atoms with Crippen molar-refractivity contribution in [3.05, 3.63) is 23.8 Å². The minimum Gasteiger partial charge on any atom is -0.493 e. The van der Waals surface area contributed by atoms with E-state index in [1.807, 2.05) is 25.2 Å². The fraction of sp³-hybridized carbons (Fsp3) is 0.556. The molecule has 0 aliphatic heterocycles. The first-order valence-corrected chi connectivity index (χ1v) is 8.46. The Hall–Kier alpha value is -2.28. The van der Waals surface area contributed by atoms with Crippen molar-refractivity contribution in [3.63, 3.8) is 0 Å². The van der Waals surface area contributed by atoms with Gasteiger partial charge in [-0.3, -0.25) is 10.1 Å². The Morgan fingerprint density at radius 3 is 2.52 bits per heavy atom. The van der Waals surface area contributed by atoms with Gasteiger partial charge in [0.05, 0.1) is 26.8 Å². The second-order valence-corrected chi connectivity index (χ2v) is 6.45. The number of nitrogens with one attached hydrogen (secondary N) is 3. The zero-order chi connectivity index (χ0) is 18.8. The Labute approximate surface area is 149 Å². The third-order valence-electron chi connectivity index (χ3n) is 3.70. The molecule has 3 N–H and O–H groups in total. The smallest absolute Gasteiger partial charge is 0.321 e. The van der Waals surface area contributed by atoms with Gasteiger partial charge in [-0.15, -0.1) is 0 Å². The molecule has 3 amide bonds. The number of benzene rings is 1. The van der Waals surface area contributed by atoms with Crippen molar-refractivity contribution in [2.45, 2.75) is 26.8 Å². The molecule has 0 saturated carbocycles. The van der Waals surface area contributed by atoms with Crippen LogP contribution in [0, 0.1) is 5.92 Å². The normalized spacial score (nSPS) is 11.8. The highest BCUT2D eigenvalue weighted by Crippen LogP contribution is 2.29. The summed E-state index contributed by atoms with van der Waals surface area (Å²) in [7, 11) is 5.06. The van der Waals surface area contributed by atoms with Crippen LogP contribution in [0.3, 0.4) is 0 Å². The Morgan fingerprint density at radius 2 is 1.92 bits per heavy atom. The number of hydrogen-bond acceptors (Lipinski definition) is 4. The summed E-state index contributed by atoms with van der Waals surface area (Å²) >= 11 is 0. The number of urea groups is 1. The molecule has 0 heterocycles. The van der Waals surface area contributed by atoms with Crippen molar-refractivity contribution in [2.24, 2.45) is 5.92 Å². The van der Waals surface area contributed by atoms with E-state index in [9.17, 15) is 9.59 Å². The maximum absolute atomic E-state index is 12.0. The first-order chi connectivity index (χ1) is 11.9. The van der Waals surface area contributed by atoms with Crippen LogP contribution in [-0.2, 0) is 11.3 Å². The van der Waals surface area contributed by atoms with E-state index in [4.69, 9.17) is 9.47 Å². The van der Waals surface area contributed by atoms with Gasteiger partial charge in [0.15, 0.2) is 18.0 Å². The molecule has 1 aromatic rings. The van der Waals surface area contributed by atoms with Gasteiger partial charge in [0.25, 0.3) is 5.91 Å². The third kappa shape index (κ3) is 7.43. The minimum atomic E-state index is -0.447. The summed E-state index contributed by atoms with van der Waals surface area (Å²) in [5.74, 6) is 1.50. The number of quaternary nitrogens is 1. The van der Waals surface area contributed by atoms with Crippen LogP contribution in [-0.4, -0.2) is 46.3 Å². The molecule has 0 radical (unpaired) electrons. The highest BCUT2D eigenvalue weighted by atomic mass is 16.5. The van der Waals surface area contributed by atoms with Gasteiger partial charge in [0, 0.05) is 6.54 Å². The molecule has 0 saturated heterocycles. The molecule has 0 aliphatic rings. The van der Waals surface area contributed by atoms with Crippen LogP contribution in [0.1, 0.15) is 25.8 Å². The van der Waals surface area contributed by atoms with Gasteiger partial charge in [-0.25, -0.2) is 4.79 Å². The lowest BCUT2D eigenvalue weighted by Gasteiger charge is -2.17. The average molecular weight is 352 g/mol. The number of methoxy groups -OCH3 is 2. The summed E-state index contributed by atoms with van der Waals surface area (Å²) in [6.07, 6.45) is 0.877. The first-order valence-electron chi connectivity index (χ1n) is 8.46. The fourth-order valence-electron chi connectivity index (χ4n) is 2.44. The quantitative estimate of drug-likeness (QED) is 0.608. The maximum Gasteiger partial charge on any atom is 0.321 e. The van der Waals surface area contributed by atoms with Crippen LogP contribution in [0.25, 0.3) is 0 Å². The summed E-state index contributed by atoms with van der Waals surface area (Å²) in [5, 5.41) is 5.04. The monoisotopic (exact) mass is 352 g/mol. The molecule has 0 aromatic heterocycles. The SMILES string of the molecule is COc1cccc(C[NH+](C)CC(=O)NC(=O)NCCC(C)C)c1OC. The number of rotatable bonds is 9. The number of amides is 3. The second kappa shape index (κ2) is 10.6. The summed E-state index contributed by atoms with van der Waals surface area (Å²) in [6.45, 7) is 5.47. The van der Waals surface area contributed by atoms with Crippen molar-refractivity contribution in [3.8, 4) is 11.5 Å². The summed E-state index contributed by atoms with van der Waals surface area (Å²) in [4.78, 5) is 24.6. The summed E-state index contributed by atoms with van der Waals surface area (Å²) in [5.41, 5.74) is 0.938. The number of para-hydroxylation sites is 1. The van der Waals surface area contributed by atoms with Crippen LogP contribution in [0.5, 0.6) is 11.5 Å². The van der Waals surface area contributed by atoms with Crippen LogP contribution in [0.15, 0.2) is 18.2 Å². The Kier molecular flexibility index (Phi) is 8.77. The highest BCUT2D eigenvalue weighted by molar-refractivity contribution is 5.94. The molecular weight excluding hydrogens is 322 g/mol. The van der Waals surface area contributed by atoms with E-state index in [-0.39, 0.29) is 12.5 Å². The lowest BCUT2D eigenvalue weighted by Crippen LogP contribution is -3.09. The van der Waals surface area contributed by atoms with E-state index >= 15 is 0 Å². The standard InChI is InChI=1S/C18H29N3O4/c1-13(2)9-10-19-18(23)20-16(22)12-21(3)11-14-7-6-8-15(24-4)17(14)25-5/h6-8,13H,9-12H2,1-5H3,(H2,19,20,22,23)/p+1. The molecule has 7 heteroatoms. The van der Waals surface area contributed by atoms with E-state index < -0.39 is 6.03 Å². The van der Waals surface area contributed by atoms with Gasteiger partial charge in [0.1, 0.15) is 6.54 Å². The van der Waals surface area contributed by atoms with Crippen LogP contribution in [0.4, 0.5) is 4.79 Å². The number of ether oxygens (including phenoxy) is 2. The Balaban J connectivity index is 2.50. The second-order valence-electron chi connectivity index (χ2n) is 6.45. The molecular formula is C18H30N3O4+. The summed E-state index contributed by atoms with van der Waals surface area (Å²) < 4.78 is 10.7. The maximum atomic E-state index is 12.0. The van der Waals surface area contributed by atoms with Crippen molar-refractivity contribution >= 4 is 11.9 Å². The Morgan fingerprint density at radius 1 is 1.20 bits per heavy atom. The number of likely N-dealkylation sites (N-methyl/N-ethyl adjacent to an activating group) is 1. The van der Waals surface area contributed by atoms with Gasteiger partial charge in [-0.1, -0.05) is 19.9 Å². The topological polar surface area (TPSA) is 81.1 Å². The van der Waals surface area contributed by atoms with Crippen LogP contribution >= 0.6 is 0 Å². The highest BCUT2D eigenvalue weighted by Gasteiger charge is 2.17. The first kappa shape index (κ1) is 20.8. The summed E-state index contributed by atoms with van der Waals surface area (Å²) in [6, 6.07) is 5.19. The lowest BCUT2D eigenvalue weighted by molar-refractivity contribution is -0.885. The molecule has 1 atom stereocenters. The molecule has 0 fully saturated rings. The number of imide groups is 1. The molecule has 0 aliphatic carbocycles. The zero-order valence-electron chi connectivity index (χ0n) is 15.8. The molecule has 1 rings (SSSR count). The molecule has 1 aromatic carbocycles. The molecule has 0 spiro atoms. The number of hydrogen-bond donors (Lipinski definition) is 3. The minimum absolute atomic E-state index is 0.179. The van der Waals surface area contributed by atoms with E-state index in [2.05, 4.69) is 24.5 Å². The average Bonchev–Trinajstić information content (AvgIpc) is 2.53. The predicted molar refractivity (Wildman–Crippen MR) is 96.0 cm³/mol. The van der Waals surface area contributed by atoms with Crippen molar-refractivity contribution in [1.82, 2.24) is 10.6 Å². The lowest BCUT2D eigenvalue weighted by atomic mass is 10.1. The van der Waals surface area contributed by atoms with Crippen molar-refractivity contribution in [2.75, 3.05) is 34.4 Å². The van der Waals surface area contributed by atoms with Gasteiger partial charge in [0.2, 0.25) is 0 Å². The molecule has 7 nitrogen and oxygen atoms in total. The molecule has 0 bridgehead atoms. The number of carbonyl (C=O) groups is 2. The van der Waals surface area contributed by atoms with Crippen LogP contribution < -0.4 is 25.0 Å². The third-order valence-corrected chi connectivity index (χ3v) is 3.70. The predicted octanol–water partition coefficient (Wildman–Crippen LogP) is 0.590. The molecule has 1 unspecified atom stereocenters. The van der Waals surface area contributed by atoms with Gasteiger partial charge in [-0.05, 0) is 24.5 Å². The van der Waals surface area contributed by atoms with E-state index in [1.165, 1.54) is 0 Å². The van der Waals surface area contributed by atoms with Gasteiger partial charge < -0.3 is 19.7 Å². The fourth-order valence-corrected chi connectivity index (χ4v) is 2.44. The largest absolute Gasteiger partial charge is 0.493 e. The van der Waals surface area contributed by atoms with Crippen molar-refractivity contribution in [1.29, 1.82) is 0 Å². The van der Waals surface area contributed by atoms with E-state index in [0.29, 0.717) is 30.5 Å². The van der Waals surface area contributed by atoms with Gasteiger partial charge >= 0.3 is 6.03 Å². The zero-order valence-corrected chi connectivity index (χ0v) is 15.8. The van der Waals surface area contributed by atoms with Crippen LogP contribution in [0.2, 0.25) is 0 Å². The number of carbonyl (C=O) groups excluding carboxylic acids is 2. The molecule has 25 heavy (non-hydrogen) atoms.